The van der Waals surface area contributed by atoms with Crippen molar-refractivity contribution in [3.8, 4) is 0 Å². The van der Waals surface area contributed by atoms with Gasteiger partial charge in [-0.1, -0.05) is 234 Å². The monoisotopic (exact) mass is 891 g/mol. The van der Waals surface area contributed by atoms with E-state index in [-0.39, 0.29) is 25.2 Å². The van der Waals surface area contributed by atoms with Crippen LogP contribution in [0.3, 0.4) is 0 Å². The van der Waals surface area contributed by atoms with E-state index in [1.807, 2.05) is 0 Å². The zero-order valence-electron chi connectivity index (χ0n) is 42.3. The molecular weight excluding hydrogens is 789 g/mol. The molecule has 5 heteroatoms. The van der Waals surface area contributed by atoms with Crippen molar-refractivity contribution >= 4 is 11.9 Å². The molecule has 64 heavy (non-hydrogen) atoms. The van der Waals surface area contributed by atoms with Gasteiger partial charge in [-0.25, -0.2) is 0 Å². The molecule has 0 heterocycles. The van der Waals surface area contributed by atoms with Gasteiger partial charge in [-0.2, -0.15) is 0 Å². The number of hydrogen-bond donors (Lipinski definition) is 0. The molecular formula is C59H102O5. The van der Waals surface area contributed by atoms with E-state index in [1.165, 1.54) is 109 Å². The fourth-order valence-corrected chi connectivity index (χ4v) is 7.46. The summed E-state index contributed by atoms with van der Waals surface area (Å²) in [6.07, 6.45) is 71.6. The summed E-state index contributed by atoms with van der Waals surface area (Å²) in [6, 6.07) is 0. The maximum Gasteiger partial charge on any atom is 0.306 e. The standard InChI is InChI=1S/C59H102O5/c1-4-7-10-13-16-19-22-25-28-30-32-34-37-40-43-46-49-52-58(60)63-56-57(55-62-54-51-48-45-42-39-36-33-29-26-23-20-17-14-11-8-5-2)64-59(61)53-50-47-44-41-38-35-31-27-24-21-18-15-12-9-6-3/h7-8,10-11,16-17,19-20,25-26,28-29,32,34,57H,4-6,9,12-15,18,21-24,27,30-31,33,35-56H2,1-3H3/b10-7-,11-8-,19-16-,20-17-,28-25-,29-26-,34-32-. The lowest BCUT2D eigenvalue weighted by molar-refractivity contribution is -0.163. The smallest absolute Gasteiger partial charge is 0.306 e. The van der Waals surface area contributed by atoms with Crippen LogP contribution < -0.4 is 0 Å². The lowest BCUT2D eigenvalue weighted by Gasteiger charge is -2.18. The summed E-state index contributed by atoms with van der Waals surface area (Å²) in [7, 11) is 0. The van der Waals surface area contributed by atoms with Crippen LogP contribution in [0.15, 0.2) is 85.1 Å². The third kappa shape index (κ3) is 51.7. The number of allylic oxidation sites excluding steroid dienone is 14. The van der Waals surface area contributed by atoms with Crippen molar-refractivity contribution in [2.24, 2.45) is 0 Å². The van der Waals surface area contributed by atoms with Gasteiger partial charge in [-0.15, -0.1) is 0 Å². The summed E-state index contributed by atoms with van der Waals surface area (Å²) in [4.78, 5) is 25.5. The summed E-state index contributed by atoms with van der Waals surface area (Å²) >= 11 is 0. The fourth-order valence-electron chi connectivity index (χ4n) is 7.46. The number of ether oxygens (including phenoxy) is 3. The Bertz CT molecular complexity index is 1190. The maximum absolute atomic E-state index is 12.8. The van der Waals surface area contributed by atoms with Gasteiger partial charge in [0.15, 0.2) is 6.10 Å². The van der Waals surface area contributed by atoms with E-state index in [0.29, 0.717) is 19.4 Å². The molecule has 0 aromatic heterocycles. The highest BCUT2D eigenvalue weighted by Gasteiger charge is 2.17. The van der Waals surface area contributed by atoms with Crippen LogP contribution in [0, 0.1) is 0 Å². The van der Waals surface area contributed by atoms with E-state index in [9.17, 15) is 9.59 Å². The van der Waals surface area contributed by atoms with E-state index in [2.05, 4.69) is 106 Å². The molecule has 0 aliphatic rings. The second kappa shape index (κ2) is 54.4. The van der Waals surface area contributed by atoms with Crippen LogP contribution in [0.1, 0.15) is 252 Å². The molecule has 5 nitrogen and oxygen atoms in total. The summed E-state index contributed by atoms with van der Waals surface area (Å²) < 4.78 is 17.4. The van der Waals surface area contributed by atoms with Gasteiger partial charge >= 0.3 is 11.9 Å². The quantitative estimate of drug-likeness (QED) is 0.0346. The molecule has 0 amide bonds. The molecule has 0 aromatic rings. The average molecular weight is 891 g/mol. The topological polar surface area (TPSA) is 61.8 Å². The Hall–Kier alpha value is -2.92. The predicted octanol–water partition coefficient (Wildman–Crippen LogP) is 18.5. The van der Waals surface area contributed by atoms with Crippen LogP contribution in [0.4, 0.5) is 0 Å². The van der Waals surface area contributed by atoms with E-state index in [0.717, 1.165) is 109 Å². The molecule has 0 aromatic carbocycles. The van der Waals surface area contributed by atoms with Gasteiger partial charge in [0.2, 0.25) is 0 Å². The molecule has 0 N–H and O–H groups in total. The van der Waals surface area contributed by atoms with Gasteiger partial charge in [0.25, 0.3) is 0 Å². The highest BCUT2D eigenvalue weighted by molar-refractivity contribution is 5.70. The molecule has 1 atom stereocenters. The predicted molar refractivity (Wildman–Crippen MR) is 279 cm³/mol. The highest BCUT2D eigenvalue weighted by atomic mass is 16.6. The largest absolute Gasteiger partial charge is 0.462 e. The van der Waals surface area contributed by atoms with E-state index < -0.39 is 6.10 Å². The molecule has 1 unspecified atom stereocenters. The third-order valence-corrected chi connectivity index (χ3v) is 11.4. The second-order valence-corrected chi connectivity index (χ2v) is 17.7. The zero-order chi connectivity index (χ0) is 46.3. The van der Waals surface area contributed by atoms with E-state index in [4.69, 9.17) is 14.2 Å². The van der Waals surface area contributed by atoms with Gasteiger partial charge in [0.1, 0.15) is 6.61 Å². The first-order valence-electron chi connectivity index (χ1n) is 27.1. The van der Waals surface area contributed by atoms with Gasteiger partial charge < -0.3 is 14.2 Å². The Morgan fingerprint density at radius 2 is 0.703 bits per heavy atom. The van der Waals surface area contributed by atoms with Crippen molar-refractivity contribution in [3.63, 3.8) is 0 Å². The highest BCUT2D eigenvalue weighted by Crippen LogP contribution is 2.15. The summed E-state index contributed by atoms with van der Waals surface area (Å²) in [5.74, 6) is -0.427. The number of unbranched alkanes of at least 4 members (excludes halogenated alkanes) is 24. The minimum atomic E-state index is -0.555. The number of carbonyl (C=O) groups excluding carboxylic acids is 2. The number of esters is 2. The van der Waals surface area contributed by atoms with Crippen molar-refractivity contribution in [2.75, 3.05) is 19.8 Å². The van der Waals surface area contributed by atoms with E-state index >= 15 is 0 Å². The SMILES string of the molecule is CC/C=C\C/C=C\C/C=C\C/C=C\CCCCCCC(=O)OCC(COCCCCCCCC/C=C\C/C=C\C/C=C\CC)OC(=O)CCCCCCCCCCCCCCCCC. The van der Waals surface area contributed by atoms with Crippen molar-refractivity contribution in [1.82, 2.24) is 0 Å². The Kier molecular flexibility index (Phi) is 51.9. The lowest BCUT2D eigenvalue weighted by atomic mass is 10.0. The van der Waals surface area contributed by atoms with Crippen molar-refractivity contribution < 1.29 is 23.8 Å². The Morgan fingerprint density at radius 3 is 1.12 bits per heavy atom. The summed E-state index contributed by atoms with van der Waals surface area (Å²) in [5.41, 5.74) is 0. The Labute approximate surface area is 397 Å². The van der Waals surface area contributed by atoms with Crippen molar-refractivity contribution in [3.05, 3.63) is 85.1 Å². The van der Waals surface area contributed by atoms with Crippen molar-refractivity contribution in [1.29, 1.82) is 0 Å². The van der Waals surface area contributed by atoms with Gasteiger partial charge in [-0.3, -0.25) is 9.59 Å². The fraction of sp³-hybridized carbons (Fsp3) is 0.729. The lowest BCUT2D eigenvalue weighted by Crippen LogP contribution is -2.30. The second-order valence-electron chi connectivity index (χ2n) is 17.7. The first kappa shape index (κ1) is 61.1. The molecule has 0 spiro atoms. The molecule has 0 aliphatic heterocycles. The Morgan fingerprint density at radius 1 is 0.359 bits per heavy atom. The molecule has 368 valence electrons. The van der Waals surface area contributed by atoms with Crippen LogP contribution >= 0.6 is 0 Å². The summed E-state index contributed by atoms with van der Waals surface area (Å²) in [5, 5.41) is 0. The van der Waals surface area contributed by atoms with E-state index in [1.54, 1.807) is 0 Å². The average Bonchev–Trinajstić information content (AvgIpc) is 3.30. The minimum absolute atomic E-state index is 0.0658. The zero-order valence-corrected chi connectivity index (χ0v) is 42.3. The molecule has 0 aliphatic carbocycles. The molecule has 0 rings (SSSR count). The molecule has 0 radical (unpaired) electrons. The minimum Gasteiger partial charge on any atom is -0.462 e. The molecule has 0 bridgehead atoms. The molecule has 0 fully saturated rings. The summed E-state index contributed by atoms with van der Waals surface area (Å²) in [6.45, 7) is 7.57. The Balaban J connectivity index is 4.33. The first-order valence-corrected chi connectivity index (χ1v) is 27.1. The van der Waals surface area contributed by atoms with Crippen LogP contribution in [0.25, 0.3) is 0 Å². The normalized spacial score (nSPS) is 12.9. The van der Waals surface area contributed by atoms with Gasteiger partial charge in [0, 0.05) is 19.4 Å². The third-order valence-electron chi connectivity index (χ3n) is 11.4. The van der Waals surface area contributed by atoms with Gasteiger partial charge in [-0.05, 0) is 89.9 Å². The molecule has 0 saturated carbocycles. The number of hydrogen-bond acceptors (Lipinski definition) is 5. The number of rotatable bonds is 49. The van der Waals surface area contributed by atoms with Crippen LogP contribution in [0.2, 0.25) is 0 Å². The van der Waals surface area contributed by atoms with Crippen LogP contribution in [-0.4, -0.2) is 37.9 Å². The maximum atomic E-state index is 12.8. The van der Waals surface area contributed by atoms with Crippen LogP contribution in [-0.2, 0) is 23.8 Å². The number of carbonyl (C=O) groups is 2. The molecule has 0 saturated heterocycles. The first-order chi connectivity index (χ1) is 31.6. The van der Waals surface area contributed by atoms with Crippen molar-refractivity contribution in [2.45, 2.75) is 258 Å². The van der Waals surface area contributed by atoms with Gasteiger partial charge in [0.05, 0.1) is 6.61 Å². The van der Waals surface area contributed by atoms with Crippen LogP contribution in [0.5, 0.6) is 0 Å².